The number of benzene rings is 1. The molecule has 0 aliphatic rings. The van der Waals surface area contributed by atoms with Crippen molar-refractivity contribution in [2.75, 3.05) is 0 Å². The molecule has 19 heavy (non-hydrogen) atoms. The number of halogens is 2. The lowest BCUT2D eigenvalue weighted by Gasteiger charge is -2.10. The predicted molar refractivity (Wildman–Crippen MR) is 81.7 cm³/mol. The van der Waals surface area contributed by atoms with Gasteiger partial charge < -0.3 is 5.32 Å². The highest BCUT2D eigenvalue weighted by atomic mass is 35.5. The van der Waals surface area contributed by atoms with Crippen molar-refractivity contribution in [2.45, 2.75) is 26.4 Å². The first-order valence-electron chi connectivity index (χ1n) is 6.19. The summed E-state index contributed by atoms with van der Waals surface area (Å²) in [5.74, 6) is 0. The van der Waals surface area contributed by atoms with Crippen molar-refractivity contribution in [2.24, 2.45) is 0 Å². The zero-order chi connectivity index (χ0) is 13.8. The van der Waals surface area contributed by atoms with Gasteiger partial charge in [0.05, 0.1) is 0 Å². The van der Waals surface area contributed by atoms with E-state index in [2.05, 4.69) is 30.2 Å². The summed E-state index contributed by atoms with van der Waals surface area (Å²) in [5.41, 5.74) is 3.09. The Morgan fingerprint density at radius 1 is 1.16 bits per heavy atom. The quantitative estimate of drug-likeness (QED) is 0.894. The molecule has 0 spiro atoms. The summed E-state index contributed by atoms with van der Waals surface area (Å²) in [6.45, 7) is 5.03. The first-order valence-corrected chi connectivity index (χ1v) is 6.94. The van der Waals surface area contributed by atoms with Crippen LogP contribution in [0.1, 0.15) is 19.4 Å². The normalized spacial score (nSPS) is 11.0. The predicted octanol–water partition coefficient (Wildman–Crippen LogP) is 4.55. The van der Waals surface area contributed by atoms with Crippen LogP contribution in [0.2, 0.25) is 10.0 Å². The van der Waals surface area contributed by atoms with Crippen molar-refractivity contribution in [1.82, 2.24) is 10.3 Å². The lowest BCUT2D eigenvalue weighted by Crippen LogP contribution is -2.21. The molecule has 2 nitrogen and oxygen atoms in total. The van der Waals surface area contributed by atoms with Gasteiger partial charge in [0, 0.05) is 46.2 Å². The number of nitrogens with one attached hydrogen (secondary N) is 1. The Labute approximate surface area is 123 Å². The topological polar surface area (TPSA) is 24.9 Å². The first kappa shape index (κ1) is 14.3. The molecule has 2 rings (SSSR count). The highest BCUT2D eigenvalue weighted by Crippen LogP contribution is 2.30. The molecule has 1 heterocycles. The smallest absolute Gasteiger partial charge is 0.0499 e. The van der Waals surface area contributed by atoms with Crippen molar-refractivity contribution in [3.8, 4) is 11.1 Å². The van der Waals surface area contributed by atoms with Crippen LogP contribution in [0.15, 0.2) is 36.7 Å². The van der Waals surface area contributed by atoms with E-state index in [1.807, 2.05) is 24.5 Å². The van der Waals surface area contributed by atoms with E-state index < -0.39 is 0 Å². The number of hydrogen-bond acceptors (Lipinski definition) is 2. The fourth-order valence-electron chi connectivity index (χ4n) is 1.78. The Balaban J connectivity index is 2.27. The van der Waals surface area contributed by atoms with E-state index in [9.17, 15) is 0 Å². The molecule has 0 fully saturated rings. The molecule has 1 aromatic heterocycles. The highest BCUT2D eigenvalue weighted by Gasteiger charge is 2.06. The van der Waals surface area contributed by atoms with Crippen LogP contribution in [0.25, 0.3) is 11.1 Å². The van der Waals surface area contributed by atoms with Gasteiger partial charge in [-0.05, 0) is 23.8 Å². The largest absolute Gasteiger partial charge is 0.310 e. The second kappa shape index (κ2) is 6.38. The second-order valence-corrected chi connectivity index (χ2v) is 5.59. The van der Waals surface area contributed by atoms with Crippen LogP contribution in [0.3, 0.4) is 0 Å². The van der Waals surface area contributed by atoms with Crippen LogP contribution >= 0.6 is 23.2 Å². The van der Waals surface area contributed by atoms with Crippen molar-refractivity contribution in [1.29, 1.82) is 0 Å². The van der Waals surface area contributed by atoms with Crippen LogP contribution in [0.5, 0.6) is 0 Å². The average molecular weight is 295 g/mol. The maximum Gasteiger partial charge on any atom is 0.0499 e. The molecule has 0 aliphatic carbocycles. The molecule has 1 N–H and O–H groups in total. The third-order valence-corrected chi connectivity index (χ3v) is 3.30. The van der Waals surface area contributed by atoms with Crippen molar-refractivity contribution >= 4 is 23.2 Å². The van der Waals surface area contributed by atoms with E-state index in [-0.39, 0.29) is 0 Å². The van der Waals surface area contributed by atoms with Crippen LogP contribution < -0.4 is 5.32 Å². The minimum atomic E-state index is 0.447. The molecule has 1 aromatic carbocycles. The monoisotopic (exact) mass is 294 g/mol. The Bertz CT molecular complexity index is 568. The van der Waals surface area contributed by atoms with E-state index in [4.69, 9.17) is 23.2 Å². The first-order chi connectivity index (χ1) is 9.06. The summed E-state index contributed by atoms with van der Waals surface area (Å²) in [5, 5.41) is 4.65. The fourth-order valence-corrected chi connectivity index (χ4v) is 2.29. The molecule has 0 saturated heterocycles. The van der Waals surface area contributed by atoms with E-state index >= 15 is 0 Å². The Morgan fingerprint density at radius 2 is 1.95 bits per heavy atom. The van der Waals surface area contributed by atoms with Gasteiger partial charge >= 0.3 is 0 Å². The van der Waals surface area contributed by atoms with Gasteiger partial charge in [0.15, 0.2) is 0 Å². The summed E-state index contributed by atoms with van der Waals surface area (Å²) >= 11 is 12.1. The van der Waals surface area contributed by atoms with Crippen LogP contribution in [0, 0.1) is 0 Å². The summed E-state index contributed by atoms with van der Waals surface area (Å²) in [6.07, 6.45) is 3.68. The van der Waals surface area contributed by atoms with Gasteiger partial charge in [-0.15, -0.1) is 0 Å². The summed E-state index contributed by atoms with van der Waals surface area (Å²) < 4.78 is 0. The summed E-state index contributed by atoms with van der Waals surface area (Å²) in [6, 6.07) is 8.04. The van der Waals surface area contributed by atoms with E-state index in [0.29, 0.717) is 16.1 Å². The molecule has 0 atom stereocenters. The third-order valence-electron chi connectivity index (χ3n) is 2.75. The SMILES string of the molecule is CC(C)NCc1cncc(-c2ccc(Cl)cc2Cl)c1. The van der Waals surface area contributed by atoms with Crippen LogP contribution in [-0.2, 0) is 6.54 Å². The summed E-state index contributed by atoms with van der Waals surface area (Å²) in [7, 11) is 0. The fraction of sp³-hybridized carbons (Fsp3) is 0.267. The van der Waals surface area contributed by atoms with E-state index in [1.165, 1.54) is 0 Å². The average Bonchev–Trinajstić information content (AvgIpc) is 2.36. The van der Waals surface area contributed by atoms with Gasteiger partial charge in [-0.3, -0.25) is 4.98 Å². The number of nitrogens with zero attached hydrogens (tertiary/aromatic N) is 1. The van der Waals surface area contributed by atoms with Gasteiger partial charge in [0.2, 0.25) is 0 Å². The van der Waals surface area contributed by atoms with E-state index in [0.717, 1.165) is 23.2 Å². The molecular formula is C15H16Cl2N2. The van der Waals surface area contributed by atoms with Gasteiger partial charge in [-0.25, -0.2) is 0 Å². The van der Waals surface area contributed by atoms with Crippen LogP contribution in [0.4, 0.5) is 0 Å². The Kier molecular flexibility index (Phi) is 4.81. The van der Waals surface area contributed by atoms with Gasteiger partial charge in [0.1, 0.15) is 0 Å². The second-order valence-electron chi connectivity index (χ2n) is 4.74. The minimum Gasteiger partial charge on any atom is -0.310 e. The number of hydrogen-bond donors (Lipinski definition) is 1. The molecule has 2 aromatic rings. The molecule has 0 amide bonds. The maximum atomic E-state index is 6.22. The Hall–Kier alpha value is -1.09. The third kappa shape index (κ3) is 3.93. The molecule has 0 radical (unpaired) electrons. The van der Waals surface area contributed by atoms with Gasteiger partial charge in [0.25, 0.3) is 0 Å². The van der Waals surface area contributed by atoms with Gasteiger partial charge in [-0.1, -0.05) is 43.1 Å². The number of aromatic nitrogens is 1. The number of rotatable bonds is 4. The van der Waals surface area contributed by atoms with Gasteiger partial charge in [-0.2, -0.15) is 0 Å². The molecule has 0 bridgehead atoms. The lowest BCUT2D eigenvalue weighted by atomic mass is 10.1. The molecular weight excluding hydrogens is 279 g/mol. The molecule has 100 valence electrons. The molecule has 0 saturated carbocycles. The minimum absolute atomic E-state index is 0.447. The summed E-state index contributed by atoms with van der Waals surface area (Å²) in [4.78, 5) is 4.27. The van der Waals surface area contributed by atoms with Crippen molar-refractivity contribution in [3.63, 3.8) is 0 Å². The molecule has 4 heteroatoms. The molecule has 0 unspecified atom stereocenters. The Morgan fingerprint density at radius 3 is 2.63 bits per heavy atom. The van der Waals surface area contributed by atoms with Crippen LogP contribution in [-0.4, -0.2) is 11.0 Å². The zero-order valence-electron chi connectivity index (χ0n) is 11.0. The highest BCUT2D eigenvalue weighted by molar-refractivity contribution is 6.36. The standard InChI is InChI=1S/C15H16Cl2N2/c1-10(2)19-8-11-5-12(9-18-7-11)14-4-3-13(16)6-15(14)17/h3-7,9-10,19H,8H2,1-2H3. The molecule has 0 aliphatic heterocycles. The van der Waals surface area contributed by atoms with Crippen molar-refractivity contribution < 1.29 is 0 Å². The lowest BCUT2D eigenvalue weighted by molar-refractivity contribution is 0.588. The maximum absolute atomic E-state index is 6.22. The van der Waals surface area contributed by atoms with E-state index in [1.54, 1.807) is 6.07 Å². The van der Waals surface area contributed by atoms with Crippen molar-refractivity contribution in [3.05, 3.63) is 52.3 Å². The zero-order valence-corrected chi connectivity index (χ0v) is 12.5. The number of pyridine rings is 1.